The molecule has 0 saturated heterocycles. The highest BCUT2D eigenvalue weighted by atomic mass is 16.4. The smallest absolute Gasteiger partial charge is 0.336 e. The second-order valence-electron chi connectivity index (χ2n) is 7.02. The summed E-state index contributed by atoms with van der Waals surface area (Å²) in [5, 5.41) is 19.6. The fourth-order valence-electron chi connectivity index (χ4n) is 4.50. The molecule has 1 saturated carbocycles. The first-order chi connectivity index (χ1) is 12.1. The second-order valence-corrected chi connectivity index (χ2v) is 7.02. The van der Waals surface area contributed by atoms with Gasteiger partial charge in [-0.25, -0.2) is 9.59 Å². The van der Waals surface area contributed by atoms with Gasteiger partial charge in [0.2, 0.25) is 0 Å². The molecule has 128 valence electrons. The van der Waals surface area contributed by atoms with Gasteiger partial charge in [0.15, 0.2) is 0 Å². The minimum Gasteiger partial charge on any atom is -0.478 e. The third-order valence-electron chi connectivity index (χ3n) is 5.61. The largest absolute Gasteiger partial charge is 0.478 e. The van der Waals surface area contributed by atoms with Gasteiger partial charge in [0, 0.05) is 0 Å². The first kappa shape index (κ1) is 15.9. The molecule has 0 spiro atoms. The van der Waals surface area contributed by atoms with E-state index in [9.17, 15) is 19.8 Å². The number of rotatable bonds is 3. The Bertz CT molecular complexity index is 876. The van der Waals surface area contributed by atoms with Gasteiger partial charge in [0.25, 0.3) is 0 Å². The van der Waals surface area contributed by atoms with Crippen molar-refractivity contribution < 1.29 is 19.8 Å². The Morgan fingerprint density at radius 2 is 1.56 bits per heavy atom. The Morgan fingerprint density at radius 3 is 2.24 bits per heavy atom. The fourth-order valence-corrected chi connectivity index (χ4v) is 4.50. The van der Waals surface area contributed by atoms with E-state index in [1.54, 1.807) is 0 Å². The van der Waals surface area contributed by atoms with Gasteiger partial charge in [-0.2, -0.15) is 0 Å². The molecule has 2 aliphatic carbocycles. The van der Waals surface area contributed by atoms with Crippen LogP contribution in [0.2, 0.25) is 0 Å². The maximum absolute atomic E-state index is 12.0. The Morgan fingerprint density at radius 1 is 0.880 bits per heavy atom. The SMILES string of the molecule is O=C(O)c1c(C2CCCCC2)cc2c(c1C(=O)O)Cc1ccccc1-2. The Kier molecular flexibility index (Phi) is 3.83. The number of fused-ring (bicyclic) bond motifs is 3. The number of hydrogen-bond acceptors (Lipinski definition) is 2. The molecular weight excluding hydrogens is 316 g/mol. The van der Waals surface area contributed by atoms with E-state index in [0.717, 1.165) is 42.4 Å². The van der Waals surface area contributed by atoms with E-state index in [1.807, 2.05) is 30.3 Å². The molecular formula is C21H20O4. The summed E-state index contributed by atoms with van der Waals surface area (Å²) >= 11 is 0. The quantitative estimate of drug-likeness (QED) is 0.727. The number of aromatic carboxylic acids is 2. The zero-order chi connectivity index (χ0) is 17.6. The maximum Gasteiger partial charge on any atom is 0.336 e. The van der Waals surface area contributed by atoms with Crippen LogP contribution in [0.5, 0.6) is 0 Å². The minimum absolute atomic E-state index is 0.00551. The summed E-state index contributed by atoms with van der Waals surface area (Å²) in [6.07, 6.45) is 5.65. The van der Waals surface area contributed by atoms with Crippen LogP contribution in [0.15, 0.2) is 30.3 Å². The predicted molar refractivity (Wildman–Crippen MR) is 94.4 cm³/mol. The second kappa shape index (κ2) is 6.03. The van der Waals surface area contributed by atoms with Crippen molar-refractivity contribution in [1.82, 2.24) is 0 Å². The Hall–Kier alpha value is -2.62. The molecule has 1 fully saturated rings. The van der Waals surface area contributed by atoms with Crippen LogP contribution in [0.1, 0.15) is 75.4 Å². The van der Waals surface area contributed by atoms with Gasteiger partial charge in [-0.1, -0.05) is 43.5 Å². The van der Waals surface area contributed by atoms with E-state index in [1.165, 1.54) is 6.42 Å². The molecule has 4 heteroatoms. The van der Waals surface area contributed by atoms with Crippen molar-refractivity contribution >= 4 is 11.9 Å². The lowest BCUT2D eigenvalue weighted by atomic mass is 9.79. The fraction of sp³-hybridized carbons (Fsp3) is 0.333. The summed E-state index contributed by atoms with van der Waals surface area (Å²) in [5.74, 6) is -2.13. The van der Waals surface area contributed by atoms with Gasteiger partial charge in [0.05, 0.1) is 11.1 Å². The van der Waals surface area contributed by atoms with Gasteiger partial charge < -0.3 is 10.2 Å². The maximum atomic E-state index is 12.0. The third kappa shape index (κ3) is 2.53. The number of carbonyl (C=O) groups is 2. The zero-order valence-corrected chi connectivity index (χ0v) is 13.9. The van der Waals surface area contributed by atoms with E-state index in [-0.39, 0.29) is 17.0 Å². The molecule has 2 aromatic rings. The first-order valence-electron chi connectivity index (χ1n) is 8.82. The highest BCUT2D eigenvalue weighted by Crippen LogP contribution is 2.44. The average Bonchev–Trinajstić information content (AvgIpc) is 2.98. The van der Waals surface area contributed by atoms with Gasteiger partial charge in [0.1, 0.15) is 0 Å². The third-order valence-corrected chi connectivity index (χ3v) is 5.61. The molecule has 0 radical (unpaired) electrons. The summed E-state index contributed by atoms with van der Waals surface area (Å²) in [5.41, 5.74) is 4.35. The summed E-state index contributed by atoms with van der Waals surface area (Å²) in [6, 6.07) is 9.83. The summed E-state index contributed by atoms with van der Waals surface area (Å²) in [4.78, 5) is 24.0. The van der Waals surface area contributed by atoms with Crippen LogP contribution >= 0.6 is 0 Å². The Labute approximate surface area is 146 Å². The molecule has 0 unspecified atom stereocenters. The molecule has 0 atom stereocenters. The van der Waals surface area contributed by atoms with E-state index >= 15 is 0 Å². The van der Waals surface area contributed by atoms with Crippen LogP contribution in [0.3, 0.4) is 0 Å². The van der Waals surface area contributed by atoms with E-state index in [4.69, 9.17) is 0 Å². The molecule has 0 bridgehead atoms. The van der Waals surface area contributed by atoms with Crippen molar-refractivity contribution in [3.05, 3.63) is 58.1 Å². The summed E-state index contributed by atoms with van der Waals surface area (Å²) in [6.45, 7) is 0. The van der Waals surface area contributed by atoms with Crippen LogP contribution < -0.4 is 0 Å². The molecule has 25 heavy (non-hydrogen) atoms. The van der Waals surface area contributed by atoms with Crippen molar-refractivity contribution in [1.29, 1.82) is 0 Å². The number of benzene rings is 2. The lowest BCUT2D eigenvalue weighted by Crippen LogP contribution is -2.18. The Balaban J connectivity index is 2.00. The van der Waals surface area contributed by atoms with Crippen molar-refractivity contribution in [2.24, 2.45) is 0 Å². The molecule has 0 heterocycles. The number of carboxylic acid groups (broad SMARTS) is 2. The van der Waals surface area contributed by atoms with Crippen molar-refractivity contribution in [2.75, 3.05) is 0 Å². The highest BCUT2D eigenvalue weighted by Gasteiger charge is 2.33. The lowest BCUT2D eigenvalue weighted by Gasteiger charge is -2.25. The van der Waals surface area contributed by atoms with Crippen LogP contribution in [0.4, 0.5) is 0 Å². The van der Waals surface area contributed by atoms with E-state index in [0.29, 0.717) is 17.5 Å². The molecule has 0 aromatic heterocycles. The molecule has 0 amide bonds. The topological polar surface area (TPSA) is 74.6 Å². The lowest BCUT2D eigenvalue weighted by molar-refractivity contribution is 0.0649. The molecule has 4 rings (SSSR count). The van der Waals surface area contributed by atoms with Crippen molar-refractivity contribution in [2.45, 2.75) is 44.4 Å². The normalized spacial score (nSPS) is 16.3. The molecule has 4 nitrogen and oxygen atoms in total. The van der Waals surface area contributed by atoms with Crippen molar-refractivity contribution in [3.8, 4) is 11.1 Å². The molecule has 2 aliphatic rings. The number of hydrogen-bond donors (Lipinski definition) is 2. The van der Waals surface area contributed by atoms with Crippen molar-refractivity contribution in [3.63, 3.8) is 0 Å². The monoisotopic (exact) mass is 336 g/mol. The summed E-state index contributed by atoms with van der Waals surface area (Å²) in [7, 11) is 0. The zero-order valence-electron chi connectivity index (χ0n) is 13.9. The molecule has 0 aliphatic heterocycles. The highest BCUT2D eigenvalue weighted by molar-refractivity contribution is 6.06. The van der Waals surface area contributed by atoms with Crippen LogP contribution in [-0.4, -0.2) is 22.2 Å². The predicted octanol–water partition coefficient (Wildman–Crippen LogP) is 4.70. The standard InChI is InChI=1S/C21H20O4/c22-20(23)18-15(12-6-2-1-3-7-12)11-16-14-9-5-4-8-13(14)10-17(16)19(18)21(24)25/h4-5,8-9,11-12H,1-3,6-7,10H2,(H,22,23)(H,24,25). The number of carboxylic acids is 2. The van der Waals surface area contributed by atoms with Gasteiger partial charge >= 0.3 is 11.9 Å². The van der Waals surface area contributed by atoms with Gasteiger partial charge in [-0.15, -0.1) is 0 Å². The minimum atomic E-state index is -1.14. The van der Waals surface area contributed by atoms with E-state index in [2.05, 4.69) is 0 Å². The first-order valence-corrected chi connectivity index (χ1v) is 8.82. The van der Waals surface area contributed by atoms with Crippen LogP contribution in [-0.2, 0) is 6.42 Å². The summed E-state index contributed by atoms with van der Waals surface area (Å²) < 4.78 is 0. The molecule has 2 aromatic carbocycles. The average molecular weight is 336 g/mol. The van der Waals surface area contributed by atoms with Gasteiger partial charge in [-0.3, -0.25) is 0 Å². The van der Waals surface area contributed by atoms with Crippen LogP contribution in [0.25, 0.3) is 11.1 Å². The molecule has 2 N–H and O–H groups in total. The van der Waals surface area contributed by atoms with Gasteiger partial charge in [-0.05, 0) is 59.1 Å². The van der Waals surface area contributed by atoms with E-state index < -0.39 is 11.9 Å². The van der Waals surface area contributed by atoms with Crippen LogP contribution in [0, 0.1) is 0 Å².